The van der Waals surface area contributed by atoms with Crippen molar-refractivity contribution < 1.29 is 5.11 Å². The summed E-state index contributed by atoms with van der Waals surface area (Å²) in [6.45, 7) is 10.1. The number of aliphatic hydroxyl groups is 1. The molecule has 2 bridgehead atoms. The van der Waals surface area contributed by atoms with E-state index < -0.39 is 0 Å². The number of benzene rings is 2. The zero-order chi connectivity index (χ0) is 32.0. The summed E-state index contributed by atoms with van der Waals surface area (Å²) in [5.74, 6) is 3.21. The van der Waals surface area contributed by atoms with Crippen LogP contribution in [0.4, 0.5) is 11.6 Å². The van der Waals surface area contributed by atoms with E-state index in [0.717, 1.165) is 30.2 Å². The van der Waals surface area contributed by atoms with Gasteiger partial charge in [0.05, 0.1) is 23.0 Å². The molecule has 3 N–H and O–H groups in total. The van der Waals surface area contributed by atoms with Crippen molar-refractivity contribution in [3.63, 3.8) is 0 Å². The smallest absolute Gasteiger partial charge is 0.262 e. The van der Waals surface area contributed by atoms with Crippen molar-refractivity contribution in [2.24, 2.45) is 28.2 Å². The van der Waals surface area contributed by atoms with Gasteiger partial charge in [-0.05, 0) is 92.4 Å². The number of anilines is 2. The Labute approximate surface area is 275 Å². The molecule has 1 aliphatic heterocycles. The highest BCUT2D eigenvalue weighted by Gasteiger charge is 2.56. The number of hydrogen-bond acceptors (Lipinski definition) is 6. The fourth-order valence-corrected chi connectivity index (χ4v) is 7.89. The van der Waals surface area contributed by atoms with Gasteiger partial charge < -0.3 is 25.5 Å². The molecule has 1 saturated heterocycles. The molecule has 4 fully saturated rings. The lowest BCUT2D eigenvalue weighted by atomic mass is 9.45. The van der Waals surface area contributed by atoms with Crippen molar-refractivity contribution in [3.8, 4) is 0 Å². The molecule has 242 valence electrons. The first kappa shape index (κ1) is 32.1. The van der Waals surface area contributed by atoms with Gasteiger partial charge in [-0.3, -0.25) is 9.36 Å². The minimum Gasteiger partial charge on any atom is -0.389 e. The molecule has 4 aliphatic rings. The van der Waals surface area contributed by atoms with E-state index in [4.69, 9.17) is 33.2 Å². The predicted molar refractivity (Wildman–Crippen MR) is 185 cm³/mol. The number of halogens is 2. The minimum absolute atomic E-state index is 0.110. The van der Waals surface area contributed by atoms with Gasteiger partial charge in [0.15, 0.2) is 5.96 Å². The van der Waals surface area contributed by atoms with Crippen LogP contribution < -0.4 is 16.2 Å². The molecule has 9 nitrogen and oxygen atoms in total. The molecule has 3 aromatic rings. The SMILES string of the molecule is CC1C(N=C(Nc2ccc3c(=O)n(CCc4ccc(Cl)cc4Cl)c(NCCN(C)C)nc3c2)N2CC(O)C2)CC2CC1C2(C)C. The average molecular weight is 655 g/mol. The summed E-state index contributed by atoms with van der Waals surface area (Å²) in [4.78, 5) is 28.3. The fraction of sp³-hybridized carbons (Fsp3) is 0.559. The first-order valence-electron chi connectivity index (χ1n) is 16.1. The summed E-state index contributed by atoms with van der Waals surface area (Å²) < 4.78 is 1.70. The Bertz CT molecular complexity index is 1650. The van der Waals surface area contributed by atoms with Gasteiger partial charge in [-0.1, -0.05) is 50.0 Å². The van der Waals surface area contributed by atoms with Gasteiger partial charge in [-0.15, -0.1) is 0 Å². The third kappa shape index (κ3) is 6.55. The van der Waals surface area contributed by atoms with Crippen molar-refractivity contribution in [3.05, 3.63) is 62.4 Å². The molecule has 45 heavy (non-hydrogen) atoms. The van der Waals surface area contributed by atoms with Gasteiger partial charge in [-0.2, -0.15) is 0 Å². The molecule has 0 spiro atoms. The molecular weight excluding hydrogens is 609 g/mol. The number of likely N-dealkylation sites (N-methyl/N-ethyl adjacent to an activating group) is 1. The van der Waals surface area contributed by atoms with Gasteiger partial charge in [0.1, 0.15) is 0 Å². The lowest BCUT2D eigenvalue weighted by Gasteiger charge is -2.61. The maximum atomic E-state index is 13.9. The number of aliphatic hydroxyl groups excluding tert-OH is 1. The Balaban J connectivity index is 1.29. The van der Waals surface area contributed by atoms with Crippen molar-refractivity contribution in [2.45, 2.75) is 58.7 Å². The molecule has 7 rings (SSSR count). The Hall–Kier alpha value is -2.85. The van der Waals surface area contributed by atoms with Crippen LogP contribution in [-0.4, -0.2) is 82.8 Å². The number of aryl methyl sites for hydroxylation is 1. The van der Waals surface area contributed by atoms with Crippen molar-refractivity contribution in [1.29, 1.82) is 0 Å². The molecule has 0 radical (unpaired) electrons. The Morgan fingerprint density at radius 2 is 1.93 bits per heavy atom. The lowest BCUT2D eigenvalue weighted by Crippen LogP contribution is -2.58. The summed E-state index contributed by atoms with van der Waals surface area (Å²) in [5, 5.41) is 18.7. The number of fused-ring (bicyclic) bond motifs is 3. The highest BCUT2D eigenvalue weighted by molar-refractivity contribution is 6.35. The van der Waals surface area contributed by atoms with Gasteiger partial charge in [-0.25, -0.2) is 9.98 Å². The molecule has 4 atom stereocenters. The average Bonchev–Trinajstić information content (AvgIpc) is 2.96. The number of nitrogens with one attached hydrogen (secondary N) is 2. The zero-order valence-electron chi connectivity index (χ0n) is 26.9. The van der Waals surface area contributed by atoms with E-state index in [9.17, 15) is 9.90 Å². The van der Waals surface area contributed by atoms with E-state index in [1.807, 2.05) is 44.4 Å². The molecular formula is C34H45Cl2N7O2. The third-order valence-electron chi connectivity index (χ3n) is 10.4. The summed E-state index contributed by atoms with van der Waals surface area (Å²) in [6.07, 6.45) is 2.61. The monoisotopic (exact) mass is 653 g/mol. The van der Waals surface area contributed by atoms with Gasteiger partial charge in [0.25, 0.3) is 5.56 Å². The zero-order valence-corrected chi connectivity index (χ0v) is 28.4. The predicted octanol–water partition coefficient (Wildman–Crippen LogP) is 5.43. The molecule has 0 amide bonds. The minimum atomic E-state index is -0.344. The van der Waals surface area contributed by atoms with E-state index in [2.05, 4.69) is 41.2 Å². The van der Waals surface area contributed by atoms with Crippen molar-refractivity contribution >= 4 is 51.7 Å². The number of nitrogens with zero attached hydrogens (tertiary/aromatic N) is 5. The molecule has 2 heterocycles. The second-order valence-corrected chi connectivity index (χ2v) is 14.8. The van der Waals surface area contributed by atoms with Crippen LogP contribution in [0, 0.1) is 23.2 Å². The summed E-state index contributed by atoms with van der Waals surface area (Å²) in [5.41, 5.74) is 2.62. The highest BCUT2D eigenvalue weighted by Crippen LogP contribution is 2.61. The number of hydrogen-bond donors (Lipinski definition) is 3. The van der Waals surface area contributed by atoms with Crippen LogP contribution >= 0.6 is 23.2 Å². The van der Waals surface area contributed by atoms with E-state index in [1.54, 1.807) is 10.6 Å². The second kappa shape index (κ2) is 12.7. The van der Waals surface area contributed by atoms with Crippen molar-refractivity contribution in [2.75, 3.05) is 50.9 Å². The molecule has 3 aliphatic carbocycles. The maximum Gasteiger partial charge on any atom is 0.262 e. The first-order chi connectivity index (χ1) is 21.4. The number of aliphatic imine (C=N–C) groups is 1. The molecule has 3 saturated carbocycles. The van der Waals surface area contributed by atoms with Crippen LogP contribution in [0.3, 0.4) is 0 Å². The molecule has 2 aromatic carbocycles. The summed E-state index contributed by atoms with van der Waals surface area (Å²) in [6, 6.07) is 11.4. The topological polar surface area (TPSA) is 98.0 Å². The van der Waals surface area contributed by atoms with Crippen LogP contribution in [0.15, 0.2) is 46.2 Å². The van der Waals surface area contributed by atoms with Crippen molar-refractivity contribution in [1.82, 2.24) is 19.4 Å². The van der Waals surface area contributed by atoms with Crippen LogP contribution in [0.25, 0.3) is 10.9 Å². The fourth-order valence-electron chi connectivity index (χ4n) is 7.39. The molecule has 11 heteroatoms. The number of likely N-dealkylation sites (tertiary alicyclic amines) is 1. The number of guanidine groups is 1. The third-order valence-corrected chi connectivity index (χ3v) is 11.0. The van der Waals surface area contributed by atoms with E-state index in [1.165, 1.54) is 6.42 Å². The van der Waals surface area contributed by atoms with Crippen LogP contribution in [-0.2, 0) is 13.0 Å². The standard InChI is InChI=1S/C34H45Cl2N7O2/c1-20-27-14-22(34(27,2)3)15-29(20)39-33(42-18-25(44)19-42)38-24-8-9-26-30(17-24)40-32(37-11-13-41(4)5)43(31(26)45)12-10-21-6-7-23(35)16-28(21)36/h6-9,16-17,20,22,25,27,29,44H,10-15,18-19H2,1-5H3,(H,37,40)(H,38,39). The Morgan fingerprint density at radius 1 is 1.16 bits per heavy atom. The van der Waals surface area contributed by atoms with E-state index in [-0.39, 0.29) is 17.7 Å². The quantitative estimate of drug-likeness (QED) is 0.209. The normalized spacial score (nSPS) is 24.5. The first-order valence-corrected chi connectivity index (χ1v) is 16.8. The van der Waals surface area contributed by atoms with Gasteiger partial charge in [0.2, 0.25) is 5.95 Å². The Kier molecular flexibility index (Phi) is 9.09. The van der Waals surface area contributed by atoms with E-state index >= 15 is 0 Å². The molecule has 1 aromatic heterocycles. The summed E-state index contributed by atoms with van der Waals surface area (Å²) >= 11 is 12.5. The van der Waals surface area contributed by atoms with Crippen LogP contribution in [0.5, 0.6) is 0 Å². The number of rotatable bonds is 9. The largest absolute Gasteiger partial charge is 0.389 e. The second-order valence-electron chi connectivity index (χ2n) is 14.0. The van der Waals surface area contributed by atoms with E-state index in [0.29, 0.717) is 82.7 Å². The van der Waals surface area contributed by atoms with Gasteiger partial charge in [0, 0.05) is 48.5 Å². The Morgan fingerprint density at radius 3 is 2.60 bits per heavy atom. The lowest BCUT2D eigenvalue weighted by molar-refractivity contribution is -0.108. The number of aromatic nitrogens is 2. The van der Waals surface area contributed by atoms with Gasteiger partial charge >= 0.3 is 0 Å². The van der Waals surface area contributed by atoms with Crippen LogP contribution in [0.2, 0.25) is 10.0 Å². The molecule has 4 unspecified atom stereocenters. The maximum absolute atomic E-state index is 13.9. The highest BCUT2D eigenvalue weighted by atomic mass is 35.5. The number of β-amino-alcohol motifs (C(OH)–C–C–N with tert-alkyl or cyclic N) is 1. The summed E-state index contributed by atoms with van der Waals surface area (Å²) in [7, 11) is 4.02. The van der Waals surface area contributed by atoms with Crippen LogP contribution in [0.1, 0.15) is 39.2 Å².